The van der Waals surface area contributed by atoms with Crippen LogP contribution in [0, 0.1) is 6.92 Å². The minimum atomic E-state index is 0.314. The van der Waals surface area contributed by atoms with E-state index >= 15 is 0 Å². The van der Waals surface area contributed by atoms with Gasteiger partial charge in [-0.3, -0.25) is 0 Å². The summed E-state index contributed by atoms with van der Waals surface area (Å²) in [7, 11) is 0. The molecule has 0 atom stereocenters. The summed E-state index contributed by atoms with van der Waals surface area (Å²) < 4.78 is 1.17. The van der Waals surface area contributed by atoms with E-state index in [9.17, 15) is 0 Å². The fourth-order valence-electron chi connectivity index (χ4n) is 1.80. The van der Waals surface area contributed by atoms with Crippen LogP contribution in [0.25, 0.3) is 0 Å². The Hall–Kier alpha value is -0.340. The van der Waals surface area contributed by atoms with Crippen LogP contribution in [0.4, 0.5) is 0 Å². The third kappa shape index (κ3) is 1.65. The second kappa shape index (κ2) is 3.10. The highest BCUT2D eigenvalue weighted by Crippen LogP contribution is 2.47. The molecule has 0 saturated heterocycles. The fourth-order valence-corrected chi connectivity index (χ4v) is 2.41. The zero-order chi connectivity index (χ0) is 9.47. The molecule has 1 aliphatic carbocycles. The molecule has 0 heterocycles. The van der Waals surface area contributed by atoms with E-state index in [-0.39, 0.29) is 0 Å². The van der Waals surface area contributed by atoms with Crippen LogP contribution in [0.15, 0.2) is 22.7 Å². The summed E-state index contributed by atoms with van der Waals surface area (Å²) in [6, 6.07) is 6.59. The van der Waals surface area contributed by atoms with Gasteiger partial charge in [0.2, 0.25) is 0 Å². The highest BCUT2D eigenvalue weighted by atomic mass is 79.9. The van der Waals surface area contributed by atoms with Crippen LogP contribution in [0.3, 0.4) is 0 Å². The maximum Gasteiger partial charge on any atom is 0.0180 e. The van der Waals surface area contributed by atoms with Gasteiger partial charge in [-0.1, -0.05) is 22.0 Å². The first-order valence-corrected chi connectivity index (χ1v) is 5.43. The summed E-state index contributed by atoms with van der Waals surface area (Å²) in [4.78, 5) is 0. The number of benzene rings is 1. The van der Waals surface area contributed by atoms with Crippen molar-refractivity contribution < 1.29 is 0 Å². The molecular weight excluding hydrogens is 226 g/mol. The second-order valence-corrected chi connectivity index (χ2v) is 4.92. The summed E-state index contributed by atoms with van der Waals surface area (Å²) in [5.41, 5.74) is 8.81. The monoisotopic (exact) mass is 239 g/mol. The van der Waals surface area contributed by atoms with Gasteiger partial charge in [0.1, 0.15) is 0 Å². The van der Waals surface area contributed by atoms with Crippen LogP contribution in [0.5, 0.6) is 0 Å². The molecule has 1 nitrogen and oxygen atoms in total. The molecular formula is C11H14BrN. The number of halogens is 1. The van der Waals surface area contributed by atoms with Crippen molar-refractivity contribution >= 4 is 15.9 Å². The average molecular weight is 240 g/mol. The standard InChI is InChI=1S/C11H14BrN/c1-8-4-9(6-10(12)5-8)11(7-13)2-3-11/h4-6H,2-3,7,13H2,1H3. The van der Waals surface area contributed by atoms with Crippen LogP contribution in [-0.4, -0.2) is 6.54 Å². The van der Waals surface area contributed by atoms with Gasteiger partial charge >= 0.3 is 0 Å². The van der Waals surface area contributed by atoms with Gasteiger partial charge in [0.05, 0.1) is 0 Å². The van der Waals surface area contributed by atoms with E-state index in [4.69, 9.17) is 5.73 Å². The lowest BCUT2D eigenvalue weighted by Gasteiger charge is -2.13. The Morgan fingerprint density at radius 3 is 2.54 bits per heavy atom. The second-order valence-electron chi connectivity index (χ2n) is 4.00. The van der Waals surface area contributed by atoms with Crippen molar-refractivity contribution in [3.63, 3.8) is 0 Å². The Bertz CT molecular complexity index is 309. The topological polar surface area (TPSA) is 26.0 Å². The van der Waals surface area contributed by atoms with E-state index in [1.54, 1.807) is 0 Å². The van der Waals surface area contributed by atoms with Crippen LogP contribution < -0.4 is 5.73 Å². The molecule has 0 spiro atoms. The molecule has 1 aliphatic rings. The molecule has 13 heavy (non-hydrogen) atoms. The lowest BCUT2D eigenvalue weighted by Crippen LogP contribution is -2.19. The third-order valence-electron chi connectivity index (χ3n) is 2.90. The number of hydrogen-bond acceptors (Lipinski definition) is 1. The molecule has 2 N–H and O–H groups in total. The predicted octanol–water partition coefficient (Wildman–Crippen LogP) is 2.75. The van der Waals surface area contributed by atoms with Crippen LogP contribution in [-0.2, 0) is 5.41 Å². The summed E-state index contributed by atoms with van der Waals surface area (Å²) in [6.45, 7) is 2.91. The van der Waals surface area contributed by atoms with Gasteiger partial charge in [-0.05, 0) is 43.0 Å². The van der Waals surface area contributed by atoms with Crippen molar-refractivity contribution in [1.82, 2.24) is 0 Å². The van der Waals surface area contributed by atoms with Gasteiger partial charge in [0, 0.05) is 16.4 Å². The predicted molar refractivity (Wildman–Crippen MR) is 58.8 cm³/mol. The van der Waals surface area contributed by atoms with Crippen molar-refractivity contribution in [2.75, 3.05) is 6.54 Å². The van der Waals surface area contributed by atoms with Crippen LogP contribution >= 0.6 is 15.9 Å². The quantitative estimate of drug-likeness (QED) is 0.845. The van der Waals surface area contributed by atoms with Crippen molar-refractivity contribution in [2.45, 2.75) is 25.2 Å². The molecule has 0 unspecified atom stereocenters. The fraction of sp³-hybridized carbons (Fsp3) is 0.455. The average Bonchev–Trinajstić information content (AvgIpc) is 2.82. The highest BCUT2D eigenvalue weighted by molar-refractivity contribution is 9.10. The summed E-state index contributed by atoms with van der Waals surface area (Å²) in [5, 5.41) is 0. The van der Waals surface area contributed by atoms with Gasteiger partial charge in [-0.25, -0.2) is 0 Å². The minimum absolute atomic E-state index is 0.314. The molecule has 1 saturated carbocycles. The molecule has 1 aromatic carbocycles. The number of hydrogen-bond donors (Lipinski definition) is 1. The molecule has 0 aromatic heterocycles. The van der Waals surface area contributed by atoms with E-state index in [0.717, 1.165) is 6.54 Å². The SMILES string of the molecule is Cc1cc(Br)cc(C2(CN)CC2)c1. The Morgan fingerprint density at radius 1 is 1.38 bits per heavy atom. The molecule has 1 aromatic rings. The minimum Gasteiger partial charge on any atom is -0.330 e. The first kappa shape index (κ1) is 9.22. The van der Waals surface area contributed by atoms with Gasteiger partial charge in [-0.2, -0.15) is 0 Å². The van der Waals surface area contributed by atoms with Crippen molar-refractivity contribution in [2.24, 2.45) is 5.73 Å². The van der Waals surface area contributed by atoms with Crippen LogP contribution in [0.1, 0.15) is 24.0 Å². The smallest absolute Gasteiger partial charge is 0.0180 e. The maximum absolute atomic E-state index is 5.79. The Kier molecular flexibility index (Phi) is 2.20. The van der Waals surface area contributed by atoms with E-state index in [2.05, 4.69) is 41.1 Å². The Labute approximate surface area is 87.5 Å². The molecule has 0 radical (unpaired) electrons. The molecule has 0 aliphatic heterocycles. The Morgan fingerprint density at radius 2 is 2.08 bits per heavy atom. The third-order valence-corrected chi connectivity index (χ3v) is 3.36. The van der Waals surface area contributed by atoms with E-state index in [1.165, 1.54) is 28.4 Å². The van der Waals surface area contributed by atoms with Gasteiger partial charge in [0.25, 0.3) is 0 Å². The van der Waals surface area contributed by atoms with Gasteiger partial charge in [0.15, 0.2) is 0 Å². The van der Waals surface area contributed by atoms with E-state index < -0.39 is 0 Å². The largest absolute Gasteiger partial charge is 0.330 e. The van der Waals surface area contributed by atoms with Crippen molar-refractivity contribution in [3.05, 3.63) is 33.8 Å². The summed E-state index contributed by atoms with van der Waals surface area (Å²) in [6.07, 6.45) is 2.50. The first-order chi connectivity index (χ1) is 6.16. The lowest BCUT2D eigenvalue weighted by atomic mass is 9.95. The number of rotatable bonds is 2. The van der Waals surface area contributed by atoms with Crippen molar-refractivity contribution in [3.8, 4) is 0 Å². The lowest BCUT2D eigenvalue weighted by molar-refractivity contribution is 0.703. The van der Waals surface area contributed by atoms with E-state index in [0.29, 0.717) is 5.41 Å². The zero-order valence-electron chi connectivity index (χ0n) is 7.81. The Balaban J connectivity index is 2.40. The molecule has 0 bridgehead atoms. The number of nitrogens with two attached hydrogens (primary N) is 1. The normalized spacial score (nSPS) is 18.7. The van der Waals surface area contributed by atoms with Crippen molar-refractivity contribution in [1.29, 1.82) is 0 Å². The number of aryl methyl sites for hydroxylation is 1. The summed E-state index contributed by atoms with van der Waals surface area (Å²) in [5.74, 6) is 0. The molecule has 1 fully saturated rings. The van der Waals surface area contributed by atoms with E-state index in [1.807, 2.05) is 0 Å². The van der Waals surface area contributed by atoms with Crippen LogP contribution in [0.2, 0.25) is 0 Å². The molecule has 2 heteroatoms. The molecule has 0 amide bonds. The highest BCUT2D eigenvalue weighted by Gasteiger charge is 2.42. The van der Waals surface area contributed by atoms with Gasteiger partial charge in [-0.15, -0.1) is 0 Å². The molecule has 2 rings (SSSR count). The molecule has 70 valence electrons. The zero-order valence-corrected chi connectivity index (χ0v) is 9.39. The van der Waals surface area contributed by atoms with Gasteiger partial charge < -0.3 is 5.73 Å². The first-order valence-electron chi connectivity index (χ1n) is 4.64. The maximum atomic E-state index is 5.79. The summed E-state index contributed by atoms with van der Waals surface area (Å²) >= 11 is 3.52.